The van der Waals surface area contributed by atoms with Crippen molar-refractivity contribution in [2.75, 3.05) is 6.26 Å². The highest BCUT2D eigenvalue weighted by atomic mass is 127. The molecule has 0 amide bonds. The van der Waals surface area contributed by atoms with Gasteiger partial charge in [0.05, 0.1) is 3.57 Å². The van der Waals surface area contributed by atoms with Crippen LogP contribution in [0.2, 0.25) is 0 Å². The normalized spacial score (nSPS) is 10.2. The Bertz CT molecular complexity index is 277. The number of hydrogen-bond acceptors (Lipinski definition) is 1. The van der Waals surface area contributed by atoms with Crippen molar-refractivity contribution in [1.82, 2.24) is 0 Å². The second-order valence-corrected chi connectivity index (χ2v) is 4.75. The Morgan fingerprint density at radius 2 is 2.18 bits per heavy atom. The summed E-state index contributed by atoms with van der Waals surface area (Å²) < 4.78 is 14.5. The minimum absolute atomic E-state index is 0.163. The van der Waals surface area contributed by atoms with Crippen molar-refractivity contribution < 1.29 is 4.39 Å². The maximum atomic E-state index is 13.0. The standard InChI is InChI=1S/C7H5BrFIS/c1-11-6-3-4(8)2-5(9)7(6)10/h2-3H,1H3. The Labute approximate surface area is 91.2 Å². The van der Waals surface area contributed by atoms with E-state index in [2.05, 4.69) is 15.9 Å². The quantitative estimate of drug-likeness (QED) is 0.422. The molecule has 1 aromatic rings. The average molecular weight is 347 g/mol. The van der Waals surface area contributed by atoms with Crippen LogP contribution in [0.1, 0.15) is 0 Å². The van der Waals surface area contributed by atoms with E-state index in [-0.39, 0.29) is 5.82 Å². The molecule has 60 valence electrons. The molecule has 0 bridgehead atoms. The first-order valence-corrected chi connectivity index (χ1v) is 5.93. The fraction of sp³-hybridized carbons (Fsp3) is 0.143. The Morgan fingerprint density at radius 3 is 2.73 bits per heavy atom. The number of benzene rings is 1. The number of rotatable bonds is 1. The van der Waals surface area contributed by atoms with Gasteiger partial charge in [-0.3, -0.25) is 0 Å². The van der Waals surface area contributed by atoms with E-state index in [1.54, 1.807) is 11.8 Å². The van der Waals surface area contributed by atoms with Crippen molar-refractivity contribution in [3.63, 3.8) is 0 Å². The number of hydrogen-bond donors (Lipinski definition) is 0. The van der Waals surface area contributed by atoms with E-state index < -0.39 is 0 Å². The van der Waals surface area contributed by atoms with Crippen molar-refractivity contribution in [1.29, 1.82) is 0 Å². The molecule has 0 heterocycles. The van der Waals surface area contributed by atoms with Gasteiger partial charge in [0.2, 0.25) is 0 Å². The third kappa shape index (κ3) is 2.32. The molecule has 0 aliphatic carbocycles. The van der Waals surface area contributed by atoms with E-state index in [0.29, 0.717) is 3.57 Å². The molecule has 11 heavy (non-hydrogen) atoms. The monoisotopic (exact) mass is 346 g/mol. The van der Waals surface area contributed by atoms with Gasteiger partial charge in [0.25, 0.3) is 0 Å². The Kier molecular flexibility index (Phi) is 3.64. The van der Waals surface area contributed by atoms with Crippen LogP contribution in [-0.4, -0.2) is 6.26 Å². The molecule has 0 atom stereocenters. The zero-order chi connectivity index (χ0) is 8.43. The summed E-state index contributed by atoms with van der Waals surface area (Å²) in [5.41, 5.74) is 0. The lowest BCUT2D eigenvalue weighted by molar-refractivity contribution is 0.614. The molecule has 0 N–H and O–H groups in total. The van der Waals surface area contributed by atoms with Crippen LogP contribution in [0.3, 0.4) is 0 Å². The number of halogens is 3. The molecule has 0 nitrogen and oxygen atoms in total. The van der Waals surface area contributed by atoms with Crippen molar-refractivity contribution >= 4 is 50.3 Å². The van der Waals surface area contributed by atoms with Crippen molar-refractivity contribution in [2.24, 2.45) is 0 Å². The lowest BCUT2D eigenvalue weighted by Gasteiger charge is -2.01. The highest BCUT2D eigenvalue weighted by molar-refractivity contribution is 14.1. The summed E-state index contributed by atoms with van der Waals surface area (Å²) in [6, 6.07) is 3.39. The molecule has 1 aromatic carbocycles. The molecule has 0 aromatic heterocycles. The summed E-state index contributed by atoms with van der Waals surface area (Å²) >= 11 is 6.78. The SMILES string of the molecule is CSc1cc(Br)cc(F)c1I. The lowest BCUT2D eigenvalue weighted by atomic mass is 10.3. The largest absolute Gasteiger partial charge is 0.206 e. The zero-order valence-electron chi connectivity index (χ0n) is 5.70. The van der Waals surface area contributed by atoms with E-state index in [1.165, 1.54) is 6.07 Å². The van der Waals surface area contributed by atoms with E-state index in [1.807, 2.05) is 34.9 Å². The van der Waals surface area contributed by atoms with Gasteiger partial charge in [-0.1, -0.05) is 15.9 Å². The smallest absolute Gasteiger partial charge is 0.138 e. The van der Waals surface area contributed by atoms with Gasteiger partial charge in [-0.2, -0.15) is 0 Å². The highest BCUT2D eigenvalue weighted by Gasteiger charge is 2.05. The van der Waals surface area contributed by atoms with Gasteiger partial charge in [-0.25, -0.2) is 4.39 Å². The van der Waals surface area contributed by atoms with Crippen LogP contribution in [0.5, 0.6) is 0 Å². The van der Waals surface area contributed by atoms with Gasteiger partial charge < -0.3 is 0 Å². The molecule has 0 saturated heterocycles. The van der Waals surface area contributed by atoms with Gasteiger partial charge >= 0.3 is 0 Å². The van der Waals surface area contributed by atoms with Crippen LogP contribution in [0, 0.1) is 9.39 Å². The molecule has 1 rings (SSSR count). The van der Waals surface area contributed by atoms with Gasteiger partial charge in [0.1, 0.15) is 5.82 Å². The van der Waals surface area contributed by atoms with E-state index in [9.17, 15) is 4.39 Å². The Hall–Kier alpha value is 0.710. The fourth-order valence-electron chi connectivity index (χ4n) is 0.681. The predicted molar refractivity (Wildman–Crippen MR) is 58.6 cm³/mol. The lowest BCUT2D eigenvalue weighted by Crippen LogP contribution is -1.84. The third-order valence-electron chi connectivity index (χ3n) is 1.18. The Morgan fingerprint density at radius 1 is 1.55 bits per heavy atom. The first-order valence-electron chi connectivity index (χ1n) is 2.83. The van der Waals surface area contributed by atoms with Crippen molar-refractivity contribution in [3.05, 3.63) is 26.0 Å². The summed E-state index contributed by atoms with van der Waals surface area (Å²) in [6.07, 6.45) is 1.93. The van der Waals surface area contributed by atoms with E-state index >= 15 is 0 Å². The van der Waals surface area contributed by atoms with Crippen LogP contribution in [-0.2, 0) is 0 Å². The number of thioether (sulfide) groups is 1. The van der Waals surface area contributed by atoms with Gasteiger partial charge in [0, 0.05) is 9.37 Å². The van der Waals surface area contributed by atoms with Gasteiger partial charge in [0.15, 0.2) is 0 Å². The third-order valence-corrected chi connectivity index (χ3v) is 3.86. The summed E-state index contributed by atoms with van der Waals surface area (Å²) in [6.45, 7) is 0. The molecule has 4 heteroatoms. The molecule has 0 aliphatic rings. The molecule has 0 aliphatic heterocycles. The van der Waals surface area contributed by atoms with E-state index in [0.717, 1.165) is 9.37 Å². The molecular weight excluding hydrogens is 342 g/mol. The summed E-state index contributed by atoms with van der Waals surface area (Å²) in [5, 5.41) is 0. The maximum Gasteiger partial charge on any atom is 0.138 e. The van der Waals surface area contributed by atoms with Crippen LogP contribution >= 0.6 is 50.3 Å². The molecular formula is C7H5BrFIS. The first kappa shape index (κ1) is 9.80. The molecule has 0 radical (unpaired) electrons. The minimum atomic E-state index is -0.163. The minimum Gasteiger partial charge on any atom is -0.206 e. The first-order chi connectivity index (χ1) is 5.15. The fourth-order valence-corrected chi connectivity index (χ4v) is 2.76. The maximum absolute atomic E-state index is 13.0. The van der Waals surface area contributed by atoms with E-state index in [4.69, 9.17) is 0 Å². The van der Waals surface area contributed by atoms with Crippen LogP contribution < -0.4 is 0 Å². The molecule has 0 unspecified atom stereocenters. The second-order valence-electron chi connectivity index (χ2n) is 1.90. The van der Waals surface area contributed by atoms with Crippen molar-refractivity contribution in [3.8, 4) is 0 Å². The molecule has 0 fully saturated rings. The summed E-state index contributed by atoms with van der Waals surface area (Å²) in [7, 11) is 0. The summed E-state index contributed by atoms with van der Waals surface area (Å²) in [5.74, 6) is -0.163. The predicted octanol–water partition coefficient (Wildman–Crippen LogP) is 3.91. The zero-order valence-corrected chi connectivity index (χ0v) is 10.3. The average Bonchev–Trinajstić information content (AvgIpc) is 1.96. The molecule has 0 spiro atoms. The summed E-state index contributed by atoms with van der Waals surface area (Å²) in [4.78, 5) is 0.970. The Balaban J connectivity index is 3.24. The van der Waals surface area contributed by atoms with Gasteiger partial charge in [-0.05, 0) is 41.0 Å². The van der Waals surface area contributed by atoms with Crippen molar-refractivity contribution in [2.45, 2.75) is 4.90 Å². The molecule has 0 saturated carbocycles. The second kappa shape index (κ2) is 4.09. The highest BCUT2D eigenvalue weighted by Crippen LogP contribution is 2.28. The topological polar surface area (TPSA) is 0 Å². The van der Waals surface area contributed by atoms with Crippen LogP contribution in [0.4, 0.5) is 4.39 Å². The van der Waals surface area contributed by atoms with Gasteiger partial charge in [-0.15, -0.1) is 11.8 Å². The van der Waals surface area contributed by atoms with Crippen LogP contribution in [0.25, 0.3) is 0 Å². The van der Waals surface area contributed by atoms with Crippen LogP contribution in [0.15, 0.2) is 21.5 Å².